The smallest absolute Gasteiger partial charge is 0.182 e. The van der Waals surface area contributed by atoms with Gasteiger partial charge in [-0.15, -0.1) is 0 Å². The molecule has 0 bridgehead atoms. The van der Waals surface area contributed by atoms with Gasteiger partial charge in [0.15, 0.2) is 12.0 Å². The quantitative estimate of drug-likeness (QED) is 0.670. The second-order valence-electron chi connectivity index (χ2n) is 2.45. The van der Waals surface area contributed by atoms with Gasteiger partial charge in [-0.3, -0.25) is 0 Å². The summed E-state index contributed by atoms with van der Waals surface area (Å²) in [6, 6.07) is 4.00. The van der Waals surface area contributed by atoms with E-state index < -0.39 is 0 Å². The van der Waals surface area contributed by atoms with Crippen molar-refractivity contribution in [3.63, 3.8) is 0 Å². The molecule has 0 saturated heterocycles. The molecule has 3 heteroatoms. The van der Waals surface area contributed by atoms with Crippen LogP contribution in [0.25, 0.3) is 11.1 Å². The van der Waals surface area contributed by atoms with E-state index in [1.54, 1.807) is 0 Å². The van der Waals surface area contributed by atoms with Crippen LogP contribution in [0.3, 0.4) is 0 Å². The minimum atomic E-state index is 0.815. The maximum absolute atomic E-state index is 5.15. The molecule has 56 valence electrons. The van der Waals surface area contributed by atoms with Crippen molar-refractivity contribution in [2.75, 3.05) is 0 Å². The molecule has 2 nitrogen and oxygen atoms in total. The fraction of sp³-hybridized carbons (Fsp3) is 0.125. The van der Waals surface area contributed by atoms with Gasteiger partial charge in [0.05, 0.1) is 4.47 Å². The number of rotatable bonds is 0. The van der Waals surface area contributed by atoms with Crippen LogP contribution >= 0.6 is 15.9 Å². The summed E-state index contributed by atoms with van der Waals surface area (Å²) < 4.78 is 6.11. The average molecular weight is 212 g/mol. The maximum Gasteiger partial charge on any atom is 0.182 e. The van der Waals surface area contributed by atoms with Crippen molar-refractivity contribution >= 4 is 27.0 Å². The molecule has 1 heterocycles. The Kier molecular flexibility index (Phi) is 1.46. The zero-order valence-corrected chi connectivity index (χ0v) is 7.55. The van der Waals surface area contributed by atoms with Crippen LogP contribution in [0.15, 0.2) is 27.4 Å². The molecule has 0 aliphatic rings. The second-order valence-corrected chi connectivity index (χ2v) is 3.30. The molecule has 0 fully saturated rings. The number of hydrogen-bond acceptors (Lipinski definition) is 2. The van der Waals surface area contributed by atoms with Gasteiger partial charge in [-0.05, 0) is 40.5 Å². The van der Waals surface area contributed by atoms with Crippen LogP contribution < -0.4 is 0 Å². The van der Waals surface area contributed by atoms with Crippen molar-refractivity contribution in [1.29, 1.82) is 0 Å². The molecule has 0 amide bonds. The lowest BCUT2D eigenvalue weighted by Crippen LogP contribution is -1.74. The van der Waals surface area contributed by atoms with Crippen LogP contribution in [-0.4, -0.2) is 4.98 Å². The van der Waals surface area contributed by atoms with E-state index in [2.05, 4.69) is 20.9 Å². The van der Waals surface area contributed by atoms with Gasteiger partial charge in [0.2, 0.25) is 0 Å². The molecule has 11 heavy (non-hydrogen) atoms. The lowest BCUT2D eigenvalue weighted by atomic mass is 10.2. The SMILES string of the molecule is Cc1cc(Br)c2ocnc2c1. The first kappa shape index (κ1) is 6.85. The molecule has 0 aliphatic carbocycles. The summed E-state index contributed by atoms with van der Waals surface area (Å²) in [5.41, 5.74) is 2.89. The van der Waals surface area contributed by atoms with Crippen molar-refractivity contribution in [3.8, 4) is 0 Å². The Bertz CT molecular complexity index is 394. The third-order valence-electron chi connectivity index (χ3n) is 1.53. The Morgan fingerprint density at radius 2 is 2.27 bits per heavy atom. The third kappa shape index (κ3) is 1.05. The molecule has 0 spiro atoms. The number of aromatic nitrogens is 1. The Balaban J connectivity index is 2.91. The van der Waals surface area contributed by atoms with E-state index in [1.165, 1.54) is 12.0 Å². The van der Waals surface area contributed by atoms with Gasteiger partial charge in [0.1, 0.15) is 5.52 Å². The summed E-state index contributed by atoms with van der Waals surface area (Å²) in [5.74, 6) is 0. The highest BCUT2D eigenvalue weighted by Crippen LogP contribution is 2.24. The number of oxazole rings is 1. The van der Waals surface area contributed by atoms with E-state index in [0.29, 0.717) is 0 Å². The minimum absolute atomic E-state index is 0.815. The third-order valence-corrected chi connectivity index (χ3v) is 2.12. The van der Waals surface area contributed by atoms with E-state index >= 15 is 0 Å². The summed E-state index contributed by atoms with van der Waals surface area (Å²) in [4.78, 5) is 4.04. The summed E-state index contributed by atoms with van der Waals surface area (Å²) >= 11 is 3.39. The molecule has 1 aromatic carbocycles. The van der Waals surface area contributed by atoms with Crippen LogP contribution in [0.4, 0.5) is 0 Å². The molecule has 0 aliphatic heterocycles. The van der Waals surface area contributed by atoms with Crippen molar-refractivity contribution < 1.29 is 4.42 Å². The Morgan fingerprint density at radius 3 is 3.09 bits per heavy atom. The van der Waals surface area contributed by atoms with Gasteiger partial charge < -0.3 is 4.42 Å². The van der Waals surface area contributed by atoms with Gasteiger partial charge in [-0.25, -0.2) is 4.98 Å². The lowest BCUT2D eigenvalue weighted by molar-refractivity contribution is 0.600. The number of hydrogen-bond donors (Lipinski definition) is 0. The van der Waals surface area contributed by atoms with E-state index in [9.17, 15) is 0 Å². The highest BCUT2D eigenvalue weighted by atomic mass is 79.9. The molecule has 0 N–H and O–H groups in total. The first-order valence-corrected chi connectivity index (χ1v) is 4.06. The highest BCUT2D eigenvalue weighted by Gasteiger charge is 2.02. The predicted octanol–water partition coefficient (Wildman–Crippen LogP) is 2.90. The number of benzene rings is 1. The molecular formula is C8H6BrNO. The van der Waals surface area contributed by atoms with Crippen LogP contribution in [-0.2, 0) is 0 Å². The van der Waals surface area contributed by atoms with Gasteiger partial charge in [0.25, 0.3) is 0 Å². The average Bonchev–Trinajstić information content (AvgIpc) is 2.34. The second kappa shape index (κ2) is 2.34. The fourth-order valence-corrected chi connectivity index (χ4v) is 1.72. The van der Waals surface area contributed by atoms with Crippen molar-refractivity contribution in [3.05, 3.63) is 28.6 Å². The van der Waals surface area contributed by atoms with E-state index in [-0.39, 0.29) is 0 Å². The van der Waals surface area contributed by atoms with E-state index in [0.717, 1.165) is 15.6 Å². The highest BCUT2D eigenvalue weighted by molar-refractivity contribution is 9.10. The van der Waals surface area contributed by atoms with Crippen LogP contribution in [0.1, 0.15) is 5.56 Å². The summed E-state index contributed by atoms with van der Waals surface area (Å²) in [6.07, 6.45) is 1.45. The zero-order chi connectivity index (χ0) is 7.84. The normalized spacial score (nSPS) is 10.7. The minimum Gasteiger partial charge on any atom is -0.442 e. The Labute approximate surface area is 72.4 Å². The van der Waals surface area contributed by atoms with Crippen molar-refractivity contribution in [2.45, 2.75) is 6.92 Å². The summed E-state index contributed by atoms with van der Waals surface area (Å²) in [6.45, 7) is 2.03. The number of aryl methyl sites for hydroxylation is 1. The summed E-state index contributed by atoms with van der Waals surface area (Å²) in [7, 11) is 0. The van der Waals surface area contributed by atoms with Gasteiger partial charge >= 0.3 is 0 Å². The first-order chi connectivity index (χ1) is 5.27. The zero-order valence-electron chi connectivity index (χ0n) is 5.97. The van der Waals surface area contributed by atoms with Crippen LogP contribution in [0.2, 0.25) is 0 Å². The topological polar surface area (TPSA) is 26.0 Å². The van der Waals surface area contributed by atoms with Crippen molar-refractivity contribution in [2.24, 2.45) is 0 Å². The fourth-order valence-electron chi connectivity index (χ4n) is 1.06. The van der Waals surface area contributed by atoms with Gasteiger partial charge in [-0.1, -0.05) is 0 Å². The number of halogens is 1. The predicted molar refractivity (Wildman–Crippen MR) is 46.4 cm³/mol. The standard InChI is InChI=1S/C8H6BrNO/c1-5-2-6(9)8-7(3-5)10-4-11-8/h2-4H,1H3. The van der Waals surface area contributed by atoms with E-state index in [4.69, 9.17) is 4.42 Å². The Morgan fingerprint density at radius 1 is 1.45 bits per heavy atom. The number of nitrogens with zero attached hydrogens (tertiary/aromatic N) is 1. The molecule has 1 aromatic heterocycles. The largest absolute Gasteiger partial charge is 0.442 e. The molecule has 0 atom stereocenters. The Hall–Kier alpha value is -0.830. The van der Waals surface area contributed by atoms with Crippen molar-refractivity contribution in [1.82, 2.24) is 4.98 Å². The van der Waals surface area contributed by atoms with Crippen LogP contribution in [0.5, 0.6) is 0 Å². The van der Waals surface area contributed by atoms with Gasteiger partial charge in [0, 0.05) is 0 Å². The molecule has 0 saturated carbocycles. The van der Waals surface area contributed by atoms with Gasteiger partial charge in [-0.2, -0.15) is 0 Å². The lowest BCUT2D eigenvalue weighted by Gasteiger charge is -1.93. The summed E-state index contributed by atoms with van der Waals surface area (Å²) in [5, 5.41) is 0. The first-order valence-electron chi connectivity index (χ1n) is 3.27. The number of fused-ring (bicyclic) bond motifs is 1. The molecule has 0 radical (unpaired) electrons. The monoisotopic (exact) mass is 211 g/mol. The molecule has 0 unspecified atom stereocenters. The maximum atomic E-state index is 5.15. The molecule has 2 rings (SSSR count). The molecule has 2 aromatic rings. The van der Waals surface area contributed by atoms with Crippen LogP contribution in [0, 0.1) is 6.92 Å². The molecular weight excluding hydrogens is 206 g/mol. The van der Waals surface area contributed by atoms with E-state index in [1.807, 2.05) is 19.1 Å².